The molecule has 0 aliphatic carbocycles. The van der Waals surface area contributed by atoms with Crippen molar-refractivity contribution in [2.24, 2.45) is 7.05 Å². The van der Waals surface area contributed by atoms with E-state index in [4.69, 9.17) is 23.2 Å². The SMILES string of the molecule is Cn1cc(C(=O)NC2CCN(C(=O)CSc3cc(Cl)ccc3Cl)CC2)cn1. The Morgan fingerprint density at radius 3 is 2.70 bits per heavy atom. The molecule has 1 aromatic carbocycles. The molecule has 2 amide bonds. The molecule has 0 saturated carbocycles. The third-order valence-corrected chi connectivity index (χ3v) is 6.11. The molecule has 1 aliphatic rings. The van der Waals surface area contributed by atoms with Gasteiger partial charge >= 0.3 is 0 Å². The summed E-state index contributed by atoms with van der Waals surface area (Å²) in [6.45, 7) is 1.25. The van der Waals surface area contributed by atoms with Gasteiger partial charge in [0.05, 0.1) is 22.5 Å². The van der Waals surface area contributed by atoms with Crippen molar-refractivity contribution in [3.63, 3.8) is 0 Å². The van der Waals surface area contributed by atoms with E-state index in [1.807, 2.05) is 4.90 Å². The minimum Gasteiger partial charge on any atom is -0.349 e. The van der Waals surface area contributed by atoms with Crippen molar-refractivity contribution in [2.75, 3.05) is 18.8 Å². The highest BCUT2D eigenvalue weighted by Crippen LogP contribution is 2.30. The average molecular weight is 427 g/mol. The van der Waals surface area contributed by atoms with Crippen LogP contribution in [0.4, 0.5) is 0 Å². The average Bonchev–Trinajstić information content (AvgIpc) is 3.09. The molecule has 2 heterocycles. The molecule has 6 nitrogen and oxygen atoms in total. The van der Waals surface area contributed by atoms with Crippen LogP contribution in [0, 0.1) is 0 Å². The van der Waals surface area contributed by atoms with E-state index >= 15 is 0 Å². The number of hydrogen-bond acceptors (Lipinski definition) is 4. The Morgan fingerprint density at radius 1 is 1.30 bits per heavy atom. The van der Waals surface area contributed by atoms with Crippen LogP contribution in [0.2, 0.25) is 10.0 Å². The number of amides is 2. The molecule has 1 fully saturated rings. The zero-order chi connectivity index (χ0) is 19.4. The first-order valence-corrected chi connectivity index (χ1v) is 10.3. The standard InChI is InChI=1S/C18H20Cl2N4O2S/c1-23-10-12(9-21-23)18(26)22-14-4-6-24(7-5-14)17(25)11-27-16-8-13(19)2-3-15(16)20/h2-3,8-10,14H,4-7,11H2,1H3,(H,22,26). The molecule has 0 radical (unpaired) electrons. The van der Waals surface area contributed by atoms with Crippen LogP contribution in [0.5, 0.6) is 0 Å². The van der Waals surface area contributed by atoms with Gasteiger partial charge in [-0.3, -0.25) is 14.3 Å². The highest BCUT2D eigenvalue weighted by Gasteiger charge is 2.24. The monoisotopic (exact) mass is 426 g/mol. The Hall–Kier alpha value is -1.70. The van der Waals surface area contributed by atoms with Gasteiger partial charge < -0.3 is 10.2 Å². The van der Waals surface area contributed by atoms with E-state index in [9.17, 15) is 9.59 Å². The van der Waals surface area contributed by atoms with Gasteiger partial charge in [0, 0.05) is 42.3 Å². The van der Waals surface area contributed by atoms with Crippen LogP contribution >= 0.6 is 35.0 Å². The third-order valence-electron chi connectivity index (χ3n) is 4.39. The molecule has 3 rings (SSSR count). The van der Waals surface area contributed by atoms with E-state index in [0.717, 1.165) is 17.7 Å². The second-order valence-corrected chi connectivity index (χ2v) is 8.26. The Kier molecular flexibility index (Phi) is 6.68. The van der Waals surface area contributed by atoms with E-state index in [1.54, 1.807) is 42.3 Å². The number of hydrogen-bond donors (Lipinski definition) is 1. The number of thioether (sulfide) groups is 1. The smallest absolute Gasteiger partial charge is 0.254 e. The highest BCUT2D eigenvalue weighted by atomic mass is 35.5. The van der Waals surface area contributed by atoms with E-state index in [1.165, 1.54) is 11.8 Å². The van der Waals surface area contributed by atoms with Gasteiger partial charge in [-0.2, -0.15) is 5.10 Å². The third kappa shape index (κ3) is 5.40. The largest absolute Gasteiger partial charge is 0.349 e. The number of aryl methyl sites for hydroxylation is 1. The summed E-state index contributed by atoms with van der Waals surface area (Å²) in [5.74, 6) is 0.249. The summed E-state index contributed by atoms with van der Waals surface area (Å²) in [7, 11) is 1.77. The number of nitrogens with one attached hydrogen (secondary N) is 1. The molecule has 0 unspecified atom stereocenters. The molecule has 144 valence electrons. The van der Waals surface area contributed by atoms with Crippen molar-refractivity contribution < 1.29 is 9.59 Å². The number of aromatic nitrogens is 2. The first-order chi connectivity index (χ1) is 12.9. The molecule has 1 N–H and O–H groups in total. The molecule has 27 heavy (non-hydrogen) atoms. The van der Waals surface area contributed by atoms with Crippen LogP contribution in [-0.4, -0.2) is 51.4 Å². The second-order valence-electron chi connectivity index (χ2n) is 6.39. The molecule has 0 bridgehead atoms. The number of likely N-dealkylation sites (tertiary alicyclic amines) is 1. The zero-order valence-electron chi connectivity index (χ0n) is 14.8. The number of benzene rings is 1. The molecule has 9 heteroatoms. The fourth-order valence-electron chi connectivity index (χ4n) is 2.90. The minimum absolute atomic E-state index is 0.0630. The van der Waals surface area contributed by atoms with E-state index in [-0.39, 0.29) is 17.9 Å². The Bertz CT molecular complexity index is 835. The molecular weight excluding hydrogens is 407 g/mol. The summed E-state index contributed by atoms with van der Waals surface area (Å²) in [5.41, 5.74) is 0.547. The second kappa shape index (κ2) is 8.99. The number of carbonyl (C=O) groups excluding carboxylic acids is 2. The van der Waals surface area contributed by atoms with Gasteiger partial charge in [-0.25, -0.2) is 0 Å². The summed E-state index contributed by atoms with van der Waals surface area (Å²) in [5, 5.41) is 8.21. The minimum atomic E-state index is -0.126. The van der Waals surface area contributed by atoms with Crippen LogP contribution < -0.4 is 5.32 Å². The van der Waals surface area contributed by atoms with Crippen LogP contribution in [0.15, 0.2) is 35.5 Å². The number of rotatable bonds is 5. The summed E-state index contributed by atoms with van der Waals surface area (Å²) in [6.07, 6.45) is 4.71. The first-order valence-electron chi connectivity index (χ1n) is 8.57. The Balaban J connectivity index is 1.45. The summed E-state index contributed by atoms with van der Waals surface area (Å²) in [6, 6.07) is 5.28. The fraction of sp³-hybridized carbons (Fsp3) is 0.389. The molecule has 2 aromatic rings. The predicted molar refractivity (Wildman–Crippen MR) is 107 cm³/mol. The fourth-order valence-corrected chi connectivity index (χ4v) is 4.29. The summed E-state index contributed by atoms with van der Waals surface area (Å²) < 4.78 is 1.60. The number of halogens is 2. The maximum Gasteiger partial charge on any atom is 0.254 e. The van der Waals surface area contributed by atoms with Gasteiger partial charge in [0.25, 0.3) is 5.91 Å². The molecule has 1 saturated heterocycles. The number of nitrogens with zero attached hydrogens (tertiary/aromatic N) is 3. The molecule has 1 aliphatic heterocycles. The van der Waals surface area contributed by atoms with Gasteiger partial charge in [-0.15, -0.1) is 11.8 Å². The van der Waals surface area contributed by atoms with Gasteiger partial charge in [-0.1, -0.05) is 23.2 Å². The van der Waals surface area contributed by atoms with Crippen molar-refractivity contribution in [1.82, 2.24) is 20.0 Å². The van der Waals surface area contributed by atoms with E-state index < -0.39 is 0 Å². The lowest BCUT2D eigenvalue weighted by Crippen LogP contribution is -2.47. The van der Waals surface area contributed by atoms with Crippen molar-refractivity contribution >= 4 is 46.8 Å². The van der Waals surface area contributed by atoms with Gasteiger partial charge in [0.1, 0.15) is 0 Å². The van der Waals surface area contributed by atoms with Crippen molar-refractivity contribution in [2.45, 2.75) is 23.8 Å². The molecule has 1 aromatic heterocycles. The maximum atomic E-state index is 12.5. The quantitative estimate of drug-likeness (QED) is 0.745. The lowest BCUT2D eigenvalue weighted by Gasteiger charge is -2.32. The van der Waals surface area contributed by atoms with Crippen LogP contribution in [0.1, 0.15) is 23.2 Å². The normalized spacial score (nSPS) is 15.0. The number of carbonyl (C=O) groups is 2. The molecule has 0 spiro atoms. The van der Waals surface area contributed by atoms with Gasteiger partial charge in [0.15, 0.2) is 0 Å². The lowest BCUT2D eigenvalue weighted by molar-refractivity contribution is -0.129. The van der Waals surface area contributed by atoms with Gasteiger partial charge in [-0.05, 0) is 31.0 Å². The van der Waals surface area contributed by atoms with E-state index in [0.29, 0.717) is 34.5 Å². The zero-order valence-corrected chi connectivity index (χ0v) is 17.2. The molecular formula is C18H20Cl2N4O2S. The maximum absolute atomic E-state index is 12.5. The Labute approximate surface area is 172 Å². The van der Waals surface area contributed by atoms with Crippen molar-refractivity contribution in [3.8, 4) is 0 Å². The van der Waals surface area contributed by atoms with Gasteiger partial charge in [0.2, 0.25) is 5.91 Å². The first kappa shape index (κ1) is 20.0. The van der Waals surface area contributed by atoms with Crippen LogP contribution in [0.25, 0.3) is 0 Å². The molecule has 0 atom stereocenters. The summed E-state index contributed by atoms with van der Waals surface area (Å²) in [4.78, 5) is 27.3. The number of piperidine rings is 1. The summed E-state index contributed by atoms with van der Waals surface area (Å²) >= 11 is 13.5. The predicted octanol–water partition coefficient (Wildman–Crippen LogP) is 3.24. The van der Waals surface area contributed by atoms with Crippen molar-refractivity contribution in [1.29, 1.82) is 0 Å². The Morgan fingerprint density at radius 2 is 2.04 bits per heavy atom. The lowest BCUT2D eigenvalue weighted by atomic mass is 10.0. The van der Waals surface area contributed by atoms with Crippen LogP contribution in [-0.2, 0) is 11.8 Å². The van der Waals surface area contributed by atoms with Crippen LogP contribution in [0.3, 0.4) is 0 Å². The van der Waals surface area contributed by atoms with Crippen molar-refractivity contribution in [3.05, 3.63) is 46.2 Å². The van der Waals surface area contributed by atoms with E-state index in [2.05, 4.69) is 10.4 Å². The highest BCUT2D eigenvalue weighted by molar-refractivity contribution is 8.00. The topological polar surface area (TPSA) is 67.2 Å².